The fourth-order valence-corrected chi connectivity index (χ4v) is 4.75. The van der Waals surface area contributed by atoms with Gasteiger partial charge < -0.3 is 19.7 Å². The number of nitrogens with zero attached hydrogens (tertiary/aromatic N) is 3. The van der Waals surface area contributed by atoms with Crippen LogP contribution in [0, 0.1) is 0 Å². The first-order valence-corrected chi connectivity index (χ1v) is 12.8. The van der Waals surface area contributed by atoms with Gasteiger partial charge in [0.05, 0.1) is 41.0 Å². The van der Waals surface area contributed by atoms with Gasteiger partial charge in [0.25, 0.3) is 5.91 Å². The summed E-state index contributed by atoms with van der Waals surface area (Å²) in [5.74, 6) is 0.386. The molecule has 37 heavy (non-hydrogen) atoms. The van der Waals surface area contributed by atoms with Crippen molar-refractivity contribution >= 4 is 40.9 Å². The molecule has 1 aliphatic rings. The van der Waals surface area contributed by atoms with Crippen LogP contribution in [0.4, 0.5) is 10.5 Å². The zero-order valence-corrected chi connectivity index (χ0v) is 22.8. The van der Waals surface area contributed by atoms with Gasteiger partial charge in [-0.05, 0) is 76.1 Å². The predicted molar refractivity (Wildman–Crippen MR) is 144 cm³/mol. The van der Waals surface area contributed by atoms with Crippen LogP contribution in [-0.2, 0) is 4.74 Å². The van der Waals surface area contributed by atoms with E-state index < -0.39 is 5.60 Å². The van der Waals surface area contributed by atoms with Crippen molar-refractivity contribution in [1.82, 2.24) is 14.7 Å². The van der Waals surface area contributed by atoms with E-state index in [1.54, 1.807) is 41.1 Å². The first kappa shape index (κ1) is 26.8. The second-order valence-electron chi connectivity index (χ2n) is 9.87. The Labute approximate surface area is 226 Å². The number of hydrogen-bond donors (Lipinski definition) is 1. The summed E-state index contributed by atoms with van der Waals surface area (Å²) in [5.41, 5.74) is 1.91. The number of hydrogen-bond acceptors (Lipinski definition) is 5. The number of nitrogens with one attached hydrogen (secondary N) is 1. The molecule has 0 unspecified atom stereocenters. The maximum atomic E-state index is 13.4. The molecule has 1 fully saturated rings. The molecule has 1 saturated heterocycles. The smallest absolute Gasteiger partial charge is 0.410 e. The number of carbonyl (C=O) groups excluding carboxylic acids is 2. The summed E-state index contributed by atoms with van der Waals surface area (Å²) < 4.78 is 12.6. The van der Waals surface area contributed by atoms with E-state index in [1.165, 1.54) is 0 Å². The Morgan fingerprint density at radius 3 is 2.32 bits per heavy atom. The molecule has 4 rings (SSSR count). The number of carbonyl (C=O) groups is 2. The number of methoxy groups -OCH3 is 1. The number of likely N-dealkylation sites (tertiary alicyclic amines) is 1. The van der Waals surface area contributed by atoms with Gasteiger partial charge in [-0.2, -0.15) is 5.10 Å². The van der Waals surface area contributed by atoms with Crippen LogP contribution in [0.15, 0.2) is 48.7 Å². The van der Waals surface area contributed by atoms with Crippen molar-refractivity contribution in [3.05, 3.63) is 70.0 Å². The Morgan fingerprint density at radius 2 is 1.73 bits per heavy atom. The van der Waals surface area contributed by atoms with Crippen LogP contribution >= 0.6 is 23.2 Å². The number of rotatable bonds is 5. The topological polar surface area (TPSA) is 85.7 Å². The highest BCUT2D eigenvalue weighted by molar-refractivity contribution is 6.36. The second-order valence-corrected chi connectivity index (χ2v) is 10.7. The molecular formula is C27H30Cl2N4O4. The lowest BCUT2D eigenvalue weighted by Crippen LogP contribution is -2.41. The summed E-state index contributed by atoms with van der Waals surface area (Å²) in [6.07, 6.45) is 2.55. The molecule has 1 N–H and O–H groups in total. The lowest BCUT2D eigenvalue weighted by molar-refractivity contribution is 0.0203. The van der Waals surface area contributed by atoms with Crippen molar-refractivity contribution in [3.8, 4) is 11.4 Å². The van der Waals surface area contributed by atoms with Crippen LogP contribution in [0.3, 0.4) is 0 Å². The number of piperidine rings is 1. The number of amides is 2. The van der Waals surface area contributed by atoms with Gasteiger partial charge >= 0.3 is 6.09 Å². The molecule has 2 heterocycles. The van der Waals surface area contributed by atoms with Gasteiger partial charge in [0.2, 0.25) is 0 Å². The second kappa shape index (κ2) is 11.0. The molecule has 0 bridgehead atoms. The van der Waals surface area contributed by atoms with Gasteiger partial charge in [0.1, 0.15) is 11.4 Å². The van der Waals surface area contributed by atoms with Crippen LogP contribution in [0.5, 0.6) is 5.75 Å². The highest BCUT2D eigenvalue weighted by Gasteiger charge is 2.32. The van der Waals surface area contributed by atoms with E-state index in [2.05, 4.69) is 10.4 Å². The first-order chi connectivity index (χ1) is 17.6. The maximum absolute atomic E-state index is 13.4. The molecule has 0 aliphatic carbocycles. The number of anilines is 1. The molecule has 10 heteroatoms. The molecule has 1 aromatic heterocycles. The molecule has 196 valence electrons. The van der Waals surface area contributed by atoms with Gasteiger partial charge in [-0.1, -0.05) is 23.2 Å². The first-order valence-electron chi connectivity index (χ1n) is 12.0. The molecule has 0 spiro atoms. The average Bonchev–Trinajstić information content (AvgIpc) is 3.30. The van der Waals surface area contributed by atoms with Crippen LogP contribution in [0.1, 0.15) is 55.6 Å². The van der Waals surface area contributed by atoms with Crippen molar-refractivity contribution in [2.24, 2.45) is 0 Å². The Hall–Kier alpha value is -3.23. The number of ether oxygens (including phenoxy) is 2. The normalized spacial score (nSPS) is 14.4. The van der Waals surface area contributed by atoms with E-state index >= 15 is 0 Å². The van der Waals surface area contributed by atoms with Crippen molar-refractivity contribution < 1.29 is 19.1 Å². The summed E-state index contributed by atoms with van der Waals surface area (Å²) in [7, 11) is 1.61. The Kier molecular flexibility index (Phi) is 7.99. The zero-order chi connectivity index (χ0) is 26.7. The van der Waals surface area contributed by atoms with Gasteiger partial charge in [0.15, 0.2) is 0 Å². The third-order valence-corrected chi connectivity index (χ3v) is 6.63. The van der Waals surface area contributed by atoms with Gasteiger partial charge in [-0.15, -0.1) is 0 Å². The maximum Gasteiger partial charge on any atom is 0.410 e. The minimum absolute atomic E-state index is 0.00951. The summed E-state index contributed by atoms with van der Waals surface area (Å²) in [6, 6.07) is 12.4. The summed E-state index contributed by atoms with van der Waals surface area (Å²) >= 11 is 12.3. The van der Waals surface area contributed by atoms with E-state index in [0.717, 1.165) is 17.1 Å². The monoisotopic (exact) mass is 544 g/mol. The Balaban J connectivity index is 1.63. The van der Waals surface area contributed by atoms with Gasteiger partial charge in [-0.3, -0.25) is 4.79 Å². The van der Waals surface area contributed by atoms with Gasteiger partial charge in [-0.25, -0.2) is 9.48 Å². The number of aromatic nitrogens is 2. The van der Waals surface area contributed by atoms with Crippen LogP contribution in [-0.4, -0.2) is 52.5 Å². The lowest BCUT2D eigenvalue weighted by Gasteiger charge is -2.34. The van der Waals surface area contributed by atoms with Gasteiger partial charge in [0, 0.05) is 24.0 Å². The molecule has 0 saturated carbocycles. The number of halogens is 2. The molecule has 0 atom stereocenters. The average molecular weight is 545 g/mol. The van der Waals surface area contributed by atoms with Crippen molar-refractivity contribution in [2.45, 2.75) is 45.1 Å². The molecule has 1 aliphatic heterocycles. The van der Waals surface area contributed by atoms with Crippen molar-refractivity contribution in [3.63, 3.8) is 0 Å². The minimum atomic E-state index is -0.560. The van der Waals surface area contributed by atoms with E-state index in [-0.39, 0.29) is 17.9 Å². The molecule has 3 aromatic rings. The van der Waals surface area contributed by atoms with Crippen molar-refractivity contribution in [1.29, 1.82) is 0 Å². The third kappa shape index (κ3) is 6.37. The summed E-state index contributed by atoms with van der Waals surface area (Å²) in [5, 5.41) is 8.28. The fourth-order valence-electron chi connectivity index (χ4n) is 4.30. The van der Waals surface area contributed by atoms with Crippen LogP contribution in [0.2, 0.25) is 10.0 Å². The largest absolute Gasteiger partial charge is 0.497 e. The standard InChI is InChI=1S/C27H30Cl2N4O4/c1-27(2,3)37-26(35)32-13-11-17(12-14-32)24-21(25(34)31-23-10-5-18(28)15-22(23)29)16-30-33(24)19-6-8-20(36-4)9-7-19/h5-10,15-17H,11-14H2,1-4H3,(H,31,34). The quantitative estimate of drug-likeness (QED) is 0.393. The molecule has 0 radical (unpaired) electrons. The van der Waals surface area contributed by atoms with Crippen LogP contribution < -0.4 is 10.1 Å². The lowest BCUT2D eigenvalue weighted by atomic mass is 9.90. The molecule has 2 aromatic carbocycles. The minimum Gasteiger partial charge on any atom is -0.497 e. The highest BCUT2D eigenvalue weighted by atomic mass is 35.5. The van der Waals surface area contributed by atoms with Crippen LogP contribution in [0.25, 0.3) is 5.69 Å². The molecular weight excluding hydrogens is 515 g/mol. The zero-order valence-electron chi connectivity index (χ0n) is 21.3. The molecule has 8 nitrogen and oxygen atoms in total. The highest BCUT2D eigenvalue weighted by Crippen LogP contribution is 2.34. The van der Waals surface area contributed by atoms with E-state index in [1.807, 2.05) is 45.0 Å². The Bertz CT molecular complexity index is 1280. The summed E-state index contributed by atoms with van der Waals surface area (Å²) in [4.78, 5) is 27.7. The number of benzene rings is 2. The predicted octanol–water partition coefficient (Wildman–Crippen LogP) is 6.55. The third-order valence-electron chi connectivity index (χ3n) is 6.08. The van der Waals surface area contributed by atoms with Crippen molar-refractivity contribution in [2.75, 3.05) is 25.5 Å². The van der Waals surface area contributed by atoms with E-state index in [4.69, 9.17) is 32.7 Å². The van der Waals surface area contributed by atoms with E-state index in [0.29, 0.717) is 47.2 Å². The molecule has 2 amide bonds. The SMILES string of the molecule is COc1ccc(-n2ncc(C(=O)Nc3ccc(Cl)cc3Cl)c2C2CCN(C(=O)OC(C)(C)C)CC2)cc1. The fraction of sp³-hybridized carbons (Fsp3) is 0.370. The summed E-state index contributed by atoms with van der Waals surface area (Å²) in [6.45, 7) is 6.57. The Morgan fingerprint density at radius 1 is 1.05 bits per heavy atom. The van der Waals surface area contributed by atoms with E-state index in [9.17, 15) is 9.59 Å².